The van der Waals surface area contributed by atoms with Gasteiger partial charge in [0, 0.05) is 6.54 Å². The van der Waals surface area contributed by atoms with Crippen molar-refractivity contribution in [2.45, 2.75) is 39.3 Å². The molecule has 0 aliphatic heterocycles. The topological polar surface area (TPSA) is 83.1 Å². The highest BCUT2D eigenvalue weighted by Gasteiger charge is 2.12. The fraction of sp³-hybridized carbons (Fsp3) is 0.368. The predicted octanol–water partition coefficient (Wildman–Crippen LogP) is 2.91. The summed E-state index contributed by atoms with van der Waals surface area (Å²) in [7, 11) is -3.35. The summed E-state index contributed by atoms with van der Waals surface area (Å²) in [5.74, 6) is 0.287. The standard InChI is InChI=1S/C19H26N4O2S2/c1-19(2,3)15-10-8-14(9-11-15)12-20-18(26)21-13-16-6-5-7-17(22-16)23-27(4,24)25/h5-11H,12-13H2,1-4H3,(H,22,23)(H2,20,21,26). The number of nitrogens with one attached hydrogen (secondary N) is 3. The van der Waals surface area contributed by atoms with Crippen LogP contribution in [0.3, 0.4) is 0 Å². The van der Waals surface area contributed by atoms with E-state index in [1.54, 1.807) is 18.2 Å². The third-order valence-corrected chi connectivity index (χ3v) is 4.67. The minimum Gasteiger partial charge on any atom is -0.359 e. The Morgan fingerprint density at radius 3 is 2.26 bits per heavy atom. The highest BCUT2D eigenvalue weighted by atomic mass is 32.2. The first-order valence-corrected chi connectivity index (χ1v) is 10.9. The molecule has 0 atom stereocenters. The van der Waals surface area contributed by atoms with Crippen molar-refractivity contribution in [2.24, 2.45) is 0 Å². The lowest BCUT2D eigenvalue weighted by Gasteiger charge is -2.19. The van der Waals surface area contributed by atoms with E-state index in [1.807, 2.05) is 0 Å². The quantitative estimate of drug-likeness (QED) is 0.640. The first kappa shape index (κ1) is 21.1. The first-order chi connectivity index (χ1) is 12.5. The molecule has 2 aromatic rings. The predicted molar refractivity (Wildman–Crippen MR) is 114 cm³/mol. The molecule has 1 aromatic heterocycles. The number of hydrogen-bond donors (Lipinski definition) is 3. The molecule has 1 aromatic carbocycles. The zero-order valence-corrected chi connectivity index (χ0v) is 17.7. The van der Waals surface area contributed by atoms with Crippen molar-refractivity contribution >= 4 is 33.2 Å². The Morgan fingerprint density at radius 2 is 1.67 bits per heavy atom. The Kier molecular flexibility index (Phi) is 6.78. The van der Waals surface area contributed by atoms with Crippen LogP contribution in [0.2, 0.25) is 0 Å². The van der Waals surface area contributed by atoms with Gasteiger partial charge >= 0.3 is 0 Å². The number of pyridine rings is 1. The summed E-state index contributed by atoms with van der Waals surface area (Å²) in [6, 6.07) is 13.6. The Labute approximate surface area is 166 Å². The SMILES string of the molecule is CC(C)(C)c1ccc(CNC(=S)NCc2cccc(NS(C)(=O)=O)n2)cc1. The molecule has 2 rings (SSSR count). The molecule has 0 saturated heterocycles. The summed E-state index contributed by atoms with van der Waals surface area (Å²) >= 11 is 5.30. The molecule has 0 bridgehead atoms. The molecule has 0 spiro atoms. The minimum absolute atomic E-state index is 0.135. The maximum Gasteiger partial charge on any atom is 0.230 e. The van der Waals surface area contributed by atoms with Crippen molar-refractivity contribution in [2.75, 3.05) is 11.0 Å². The third-order valence-electron chi connectivity index (χ3n) is 3.80. The van der Waals surface area contributed by atoms with E-state index in [9.17, 15) is 8.42 Å². The smallest absolute Gasteiger partial charge is 0.230 e. The van der Waals surface area contributed by atoms with Gasteiger partial charge in [-0.3, -0.25) is 4.72 Å². The molecule has 0 saturated carbocycles. The van der Waals surface area contributed by atoms with Crippen LogP contribution >= 0.6 is 12.2 Å². The van der Waals surface area contributed by atoms with Crippen molar-refractivity contribution < 1.29 is 8.42 Å². The molecular formula is C19H26N4O2S2. The monoisotopic (exact) mass is 406 g/mol. The van der Waals surface area contributed by atoms with E-state index in [1.165, 1.54) is 5.56 Å². The van der Waals surface area contributed by atoms with Crippen molar-refractivity contribution in [3.8, 4) is 0 Å². The van der Waals surface area contributed by atoms with Crippen LogP contribution < -0.4 is 15.4 Å². The molecule has 0 unspecified atom stereocenters. The molecule has 1 heterocycles. The van der Waals surface area contributed by atoms with Crippen LogP contribution in [0.4, 0.5) is 5.82 Å². The van der Waals surface area contributed by atoms with E-state index in [-0.39, 0.29) is 11.2 Å². The highest BCUT2D eigenvalue weighted by molar-refractivity contribution is 7.92. The van der Waals surface area contributed by atoms with Gasteiger partial charge in [0.25, 0.3) is 0 Å². The Balaban J connectivity index is 1.84. The van der Waals surface area contributed by atoms with Gasteiger partial charge in [0.1, 0.15) is 5.82 Å². The van der Waals surface area contributed by atoms with Gasteiger partial charge in [0.15, 0.2) is 5.11 Å². The molecule has 0 radical (unpaired) electrons. The largest absolute Gasteiger partial charge is 0.359 e. The average molecular weight is 407 g/mol. The Morgan fingerprint density at radius 1 is 1.04 bits per heavy atom. The number of rotatable bonds is 6. The van der Waals surface area contributed by atoms with Crippen LogP contribution in [0.15, 0.2) is 42.5 Å². The van der Waals surface area contributed by atoms with Crippen molar-refractivity contribution in [3.63, 3.8) is 0 Å². The maximum absolute atomic E-state index is 11.3. The molecule has 0 aliphatic carbocycles. The van der Waals surface area contributed by atoms with Gasteiger partial charge in [-0.15, -0.1) is 0 Å². The van der Waals surface area contributed by atoms with E-state index < -0.39 is 10.0 Å². The second-order valence-electron chi connectivity index (χ2n) is 7.37. The summed E-state index contributed by atoms with van der Waals surface area (Å²) in [4.78, 5) is 4.24. The van der Waals surface area contributed by atoms with E-state index in [0.717, 1.165) is 11.8 Å². The Hall–Kier alpha value is -2.19. The van der Waals surface area contributed by atoms with Crippen LogP contribution in [0, 0.1) is 0 Å². The zero-order valence-electron chi connectivity index (χ0n) is 16.0. The molecule has 146 valence electrons. The van der Waals surface area contributed by atoms with E-state index >= 15 is 0 Å². The molecule has 3 N–H and O–H groups in total. The van der Waals surface area contributed by atoms with Crippen molar-refractivity contribution in [1.82, 2.24) is 15.6 Å². The molecule has 6 nitrogen and oxygen atoms in total. The summed E-state index contributed by atoms with van der Waals surface area (Å²) in [6.45, 7) is 7.59. The van der Waals surface area contributed by atoms with Gasteiger partial charge in [0.05, 0.1) is 18.5 Å². The summed E-state index contributed by atoms with van der Waals surface area (Å²) in [5, 5.41) is 6.75. The van der Waals surface area contributed by atoms with Crippen LogP contribution in [0.1, 0.15) is 37.6 Å². The number of sulfonamides is 1. The van der Waals surface area contributed by atoms with Crippen LogP contribution in [0.5, 0.6) is 0 Å². The zero-order chi connectivity index (χ0) is 20.1. The molecule has 8 heteroatoms. The van der Waals surface area contributed by atoms with Gasteiger partial charge < -0.3 is 10.6 Å². The van der Waals surface area contributed by atoms with Gasteiger partial charge in [-0.2, -0.15) is 0 Å². The number of nitrogens with zero attached hydrogens (tertiary/aromatic N) is 1. The van der Waals surface area contributed by atoms with E-state index in [0.29, 0.717) is 23.9 Å². The van der Waals surface area contributed by atoms with Crippen LogP contribution in [-0.2, 0) is 28.5 Å². The molecule has 0 aliphatic rings. The molecule has 0 fully saturated rings. The number of benzene rings is 1. The highest BCUT2D eigenvalue weighted by Crippen LogP contribution is 2.22. The van der Waals surface area contributed by atoms with E-state index in [2.05, 4.69) is 65.4 Å². The lowest BCUT2D eigenvalue weighted by atomic mass is 9.87. The molecular weight excluding hydrogens is 380 g/mol. The fourth-order valence-electron chi connectivity index (χ4n) is 2.36. The molecule has 27 heavy (non-hydrogen) atoms. The summed E-state index contributed by atoms with van der Waals surface area (Å²) in [5.41, 5.74) is 3.25. The summed E-state index contributed by atoms with van der Waals surface area (Å²) < 4.78 is 24.9. The van der Waals surface area contributed by atoms with Gasteiger partial charge in [0.2, 0.25) is 10.0 Å². The maximum atomic E-state index is 11.3. The number of hydrogen-bond acceptors (Lipinski definition) is 4. The van der Waals surface area contributed by atoms with Gasteiger partial charge in [-0.25, -0.2) is 13.4 Å². The minimum atomic E-state index is -3.35. The lowest BCUT2D eigenvalue weighted by molar-refractivity contribution is 0.590. The first-order valence-electron chi connectivity index (χ1n) is 8.58. The van der Waals surface area contributed by atoms with E-state index in [4.69, 9.17) is 12.2 Å². The summed E-state index contributed by atoms with van der Waals surface area (Å²) in [6.07, 6.45) is 1.09. The van der Waals surface area contributed by atoms with Crippen LogP contribution in [-0.4, -0.2) is 24.8 Å². The average Bonchev–Trinajstić information content (AvgIpc) is 2.56. The lowest BCUT2D eigenvalue weighted by Crippen LogP contribution is -2.34. The number of aromatic nitrogens is 1. The molecule has 0 amide bonds. The van der Waals surface area contributed by atoms with Crippen LogP contribution in [0.25, 0.3) is 0 Å². The number of anilines is 1. The second-order valence-corrected chi connectivity index (χ2v) is 9.53. The van der Waals surface area contributed by atoms with Gasteiger partial charge in [-0.05, 0) is 40.9 Å². The number of thiocarbonyl (C=S) groups is 1. The third kappa shape index (κ3) is 7.52. The van der Waals surface area contributed by atoms with Crippen molar-refractivity contribution in [1.29, 1.82) is 0 Å². The normalized spacial score (nSPS) is 11.7. The second kappa shape index (κ2) is 8.67. The van der Waals surface area contributed by atoms with Crippen molar-refractivity contribution in [3.05, 3.63) is 59.3 Å². The fourth-order valence-corrected chi connectivity index (χ4v) is 3.00. The van der Waals surface area contributed by atoms with Gasteiger partial charge in [-0.1, -0.05) is 51.1 Å². The Bertz CT molecular complexity index is 889.